The van der Waals surface area contributed by atoms with Gasteiger partial charge in [0.25, 0.3) is 0 Å². The Morgan fingerprint density at radius 3 is 2.43 bits per heavy atom. The minimum atomic E-state index is -1.14. The lowest BCUT2D eigenvalue weighted by atomic mass is 10.0. The van der Waals surface area contributed by atoms with Crippen molar-refractivity contribution in [3.63, 3.8) is 0 Å². The Balaban J connectivity index is 1.95. The summed E-state index contributed by atoms with van der Waals surface area (Å²) >= 11 is 1.40. The summed E-state index contributed by atoms with van der Waals surface area (Å²) in [6, 6.07) is 6.84. The van der Waals surface area contributed by atoms with E-state index < -0.39 is 11.2 Å². The Hall–Kier alpha value is -1.49. The first-order chi connectivity index (χ1) is 11.1. The van der Waals surface area contributed by atoms with Gasteiger partial charge in [-0.05, 0) is 44.0 Å². The van der Waals surface area contributed by atoms with Crippen LogP contribution in [0.5, 0.6) is 5.75 Å². The molecule has 1 fully saturated rings. The van der Waals surface area contributed by atoms with E-state index in [0.29, 0.717) is 23.2 Å². The molecule has 1 saturated carbocycles. The van der Waals surface area contributed by atoms with Crippen molar-refractivity contribution in [2.24, 2.45) is 0 Å². The van der Waals surface area contributed by atoms with E-state index in [-0.39, 0.29) is 12.2 Å². The van der Waals surface area contributed by atoms with Crippen LogP contribution in [0.25, 0.3) is 0 Å². The predicted molar refractivity (Wildman–Crippen MR) is 89.8 cm³/mol. The van der Waals surface area contributed by atoms with Crippen LogP contribution in [0.2, 0.25) is 0 Å². The quantitative estimate of drug-likeness (QED) is 0.683. The molecule has 0 heterocycles. The third-order valence-electron chi connectivity index (χ3n) is 4.03. The Morgan fingerprint density at radius 2 is 1.87 bits per heavy atom. The molecule has 0 spiro atoms. The lowest BCUT2D eigenvalue weighted by Crippen LogP contribution is -2.36. The SMILES string of the molecule is CCOc1ccc(C(=O)C[C@H](SC2CCCCC2)C(=O)[O-])cc1. The van der Waals surface area contributed by atoms with Gasteiger partial charge in [-0.3, -0.25) is 4.79 Å². The average Bonchev–Trinajstić information content (AvgIpc) is 2.56. The molecule has 0 saturated heterocycles. The molecule has 0 amide bonds. The van der Waals surface area contributed by atoms with Crippen molar-refractivity contribution in [2.75, 3.05) is 6.61 Å². The molecule has 2 rings (SSSR count). The fourth-order valence-corrected chi connectivity index (χ4v) is 4.24. The highest BCUT2D eigenvalue weighted by Crippen LogP contribution is 2.32. The number of carbonyl (C=O) groups is 2. The molecule has 1 aromatic rings. The molecule has 1 atom stereocenters. The number of rotatable bonds is 8. The molecule has 0 aliphatic heterocycles. The minimum absolute atomic E-state index is 0.0164. The zero-order valence-corrected chi connectivity index (χ0v) is 14.3. The van der Waals surface area contributed by atoms with Crippen molar-refractivity contribution >= 4 is 23.5 Å². The first-order valence-electron chi connectivity index (χ1n) is 8.22. The molecule has 0 N–H and O–H groups in total. The molecule has 0 unspecified atom stereocenters. The third kappa shape index (κ3) is 5.57. The fraction of sp³-hybridized carbons (Fsp3) is 0.556. The van der Waals surface area contributed by atoms with Gasteiger partial charge in [0.05, 0.1) is 17.8 Å². The fourth-order valence-electron chi connectivity index (χ4n) is 2.81. The second kappa shape index (κ2) is 8.96. The van der Waals surface area contributed by atoms with Crippen LogP contribution >= 0.6 is 11.8 Å². The summed E-state index contributed by atoms with van der Waals surface area (Å²) in [6.45, 7) is 2.46. The van der Waals surface area contributed by atoms with Crippen LogP contribution in [0.4, 0.5) is 0 Å². The van der Waals surface area contributed by atoms with Crippen LogP contribution in [-0.4, -0.2) is 28.9 Å². The van der Waals surface area contributed by atoms with E-state index in [1.54, 1.807) is 24.3 Å². The number of benzene rings is 1. The zero-order chi connectivity index (χ0) is 16.7. The van der Waals surface area contributed by atoms with Gasteiger partial charge < -0.3 is 14.6 Å². The standard InChI is InChI=1S/C18H24O4S/c1-2-22-14-10-8-13(9-11-14)16(19)12-17(18(20)21)23-15-6-4-3-5-7-15/h8-11,15,17H,2-7,12H2,1H3,(H,20,21)/p-1/t17-/m0/s1. The van der Waals surface area contributed by atoms with Crippen LogP contribution in [0.15, 0.2) is 24.3 Å². The molecule has 0 radical (unpaired) electrons. The van der Waals surface area contributed by atoms with Gasteiger partial charge in [0.15, 0.2) is 5.78 Å². The first-order valence-corrected chi connectivity index (χ1v) is 9.16. The number of ether oxygens (including phenoxy) is 1. The average molecular weight is 335 g/mol. The van der Waals surface area contributed by atoms with Crippen LogP contribution < -0.4 is 9.84 Å². The van der Waals surface area contributed by atoms with E-state index in [1.807, 2.05) is 6.92 Å². The molecular weight excluding hydrogens is 312 g/mol. The summed E-state index contributed by atoms with van der Waals surface area (Å²) in [6.07, 6.45) is 5.56. The summed E-state index contributed by atoms with van der Waals surface area (Å²) in [5.74, 6) is -0.595. The van der Waals surface area contributed by atoms with Gasteiger partial charge in [0.2, 0.25) is 0 Å². The number of hydrogen-bond acceptors (Lipinski definition) is 5. The number of carbonyl (C=O) groups excluding carboxylic acids is 2. The van der Waals surface area contributed by atoms with Gasteiger partial charge in [-0.25, -0.2) is 0 Å². The van der Waals surface area contributed by atoms with E-state index in [0.717, 1.165) is 25.7 Å². The van der Waals surface area contributed by atoms with Gasteiger partial charge in [-0.15, -0.1) is 11.8 Å². The molecule has 126 valence electrons. The maximum absolute atomic E-state index is 12.3. The smallest absolute Gasteiger partial charge is 0.164 e. The number of carboxylic acids is 1. The van der Waals surface area contributed by atoms with Gasteiger partial charge >= 0.3 is 0 Å². The highest BCUT2D eigenvalue weighted by atomic mass is 32.2. The van der Waals surface area contributed by atoms with Gasteiger partial charge in [0.1, 0.15) is 5.75 Å². The Bertz CT molecular complexity index is 520. The second-order valence-electron chi connectivity index (χ2n) is 5.79. The van der Waals surface area contributed by atoms with Crippen molar-refractivity contribution in [2.45, 2.75) is 55.9 Å². The van der Waals surface area contributed by atoms with E-state index in [9.17, 15) is 14.7 Å². The van der Waals surface area contributed by atoms with Crippen LogP contribution in [-0.2, 0) is 4.79 Å². The van der Waals surface area contributed by atoms with Crippen molar-refractivity contribution in [3.8, 4) is 5.75 Å². The summed E-state index contributed by atoms with van der Waals surface area (Å²) in [5, 5.41) is 10.9. The largest absolute Gasteiger partial charge is 0.549 e. The number of carboxylic acid groups (broad SMARTS) is 1. The number of hydrogen-bond donors (Lipinski definition) is 0. The molecule has 23 heavy (non-hydrogen) atoms. The minimum Gasteiger partial charge on any atom is -0.549 e. The lowest BCUT2D eigenvalue weighted by Gasteiger charge is -2.26. The maximum Gasteiger partial charge on any atom is 0.164 e. The van der Waals surface area contributed by atoms with Crippen molar-refractivity contribution in [1.29, 1.82) is 0 Å². The van der Waals surface area contributed by atoms with Crippen molar-refractivity contribution < 1.29 is 19.4 Å². The monoisotopic (exact) mass is 335 g/mol. The number of Topliss-reactive ketones (excluding diaryl/α,β-unsaturated/α-hetero) is 1. The lowest BCUT2D eigenvalue weighted by molar-refractivity contribution is -0.304. The topological polar surface area (TPSA) is 66.4 Å². The zero-order valence-electron chi connectivity index (χ0n) is 13.5. The van der Waals surface area contributed by atoms with E-state index in [1.165, 1.54) is 18.2 Å². The molecule has 4 nitrogen and oxygen atoms in total. The van der Waals surface area contributed by atoms with Gasteiger partial charge in [0, 0.05) is 17.2 Å². The highest BCUT2D eigenvalue weighted by Gasteiger charge is 2.23. The van der Waals surface area contributed by atoms with Crippen LogP contribution in [0.1, 0.15) is 55.8 Å². The van der Waals surface area contributed by atoms with Gasteiger partial charge in [-0.1, -0.05) is 19.3 Å². The maximum atomic E-state index is 12.3. The number of thioether (sulfide) groups is 1. The highest BCUT2D eigenvalue weighted by molar-refractivity contribution is 8.01. The molecular formula is C18H23O4S-. The third-order valence-corrected chi connectivity index (χ3v) is 5.57. The van der Waals surface area contributed by atoms with E-state index in [2.05, 4.69) is 0 Å². The van der Waals surface area contributed by atoms with Gasteiger partial charge in [-0.2, -0.15) is 0 Å². The summed E-state index contributed by atoms with van der Waals surface area (Å²) < 4.78 is 5.34. The molecule has 1 aliphatic carbocycles. The number of aliphatic carboxylic acids is 1. The Kier molecular flexibility index (Phi) is 6.96. The number of ketones is 1. The van der Waals surface area contributed by atoms with Crippen LogP contribution in [0.3, 0.4) is 0 Å². The normalized spacial score (nSPS) is 16.7. The van der Waals surface area contributed by atoms with Crippen LogP contribution in [0, 0.1) is 0 Å². The molecule has 0 bridgehead atoms. The van der Waals surface area contributed by atoms with E-state index >= 15 is 0 Å². The molecule has 1 aliphatic rings. The summed E-state index contributed by atoms with van der Waals surface area (Å²) in [4.78, 5) is 23.7. The van der Waals surface area contributed by atoms with E-state index in [4.69, 9.17) is 4.74 Å². The first kappa shape index (κ1) is 17.9. The molecule has 5 heteroatoms. The summed E-state index contributed by atoms with van der Waals surface area (Å²) in [5.41, 5.74) is 0.518. The Labute approximate surface area is 141 Å². The second-order valence-corrected chi connectivity index (χ2v) is 7.30. The predicted octanol–water partition coefficient (Wildman–Crippen LogP) is 2.84. The molecule has 1 aromatic carbocycles. The Morgan fingerprint density at radius 1 is 1.22 bits per heavy atom. The van der Waals surface area contributed by atoms with Crippen molar-refractivity contribution in [1.82, 2.24) is 0 Å². The molecule has 0 aromatic heterocycles. The van der Waals surface area contributed by atoms with Crippen molar-refractivity contribution in [3.05, 3.63) is 29.8 Å². The summed E-state index contributed by atoms with van der Waals surface area (Å²) in [7, 11) is 0.